The van der Waals surface area contributed by atoms with E-state index in [1.165, 1.54) is 40.8 Å². The fraction of sp³-hybridized carbons (Fsp3) is 0.733. The predicted octanol–water partition coefficient (Wildman–Crippen LogP) is 4.42. The van der Waals surface area contributed by atoms with Gasteiger partial charge in [0.15, 0.2) is 0 Å². The molecule has 3 fully saturated rings. The molecule has 98 valence electrons. The summed E-state index contributed by atoms with van der Waals surface area (Å²) >= 11 is 5.41. The van der Waals surface area contributed by atoms with E-state index in [4.69, 9.17) is 0 Å². The van der Waals surface area contributed by atoms with Gasteiger partial charge in [0.2, 0.25) is 0 Å². The van der Waals surface area contributed by atoms with Gasteiger partial charge in [0.25, 0.3) is 0 Å². The third kappa shape index (κ3) is 1.90. The first-order chi connectivity index (χ1) is 8.81. The van der Waals surface area contributed by atoms with Gasteiger partial charge in [0, 0.05) is 17.5 Å². The van der Waals surface area contributed by atoms with Crippen molar-refractivity contribution in [2.75, 3.05) is 0 Å². The second-order valence-corrected chi connectivity index (χ2v) is 8.89. The largest absolute Gasteiger partial charge is 0.309 e. The highest BCUT2D eigenvalue weighted by molar-refractivity contribution is 9.11. The summed E-state index contributed by atoms with van der Waals surface area (Å²) < 4.78 is 1.25. The molecule has 4 rings (SSSR count). The quantitative estimate of drug-likeness (QED) is 0.867. The van der Waals surface area contributed by atoms with Gasteiger partial charge in [-0.3, -0.25) is 0 Å². The summed E-state index contributed by atoms with van der Waals surface area (Å²) in [5.74, 6) is 4.27. The molecular formula is C15H20BrNS. The highest BCUT2D eigenvalue weighted by Crippen LogP contribution is 2.58. The number of halogens is 1. The van der Waals surface area contributed by atoms with Crippen molar-refractivity contribution in [3.05, 3.63) is 20.8 Å². The standard InChI is InChI=1S/C15H20BrNS/c16-15-5-4-10(18-15)8-17-14-7-9-6-13(14)12-3-1-2-11(9)12/h4-5,9,11-14,17H,1-3,6-8H2. The van der Waals surface area contributed by atoms with E-state index in [1.54, 1.807) is 0 Å². The first-order valence-corrected chi connectivity index (χ1v) is 8.90. The van der Waals surface area contributed by atoms with Crippen LogP contribution in [-0.4, -0.2) is 6.04 Å². The molecule has 3 aliphatic rings. The molecule has 3 saturated carbocycles. The first kappa shape index (κ1) is 11.9. The second kappa shape index (κ2) is 4.60. The average molecular weight is 326 g/mol. The van der Waals surface area contributed by atoms with Crippen molar-refractivity contribution in [2.24, 2.45) is 23.7 Å². The van der Waals surface area contributed by atoms with E-state index in [2.05, 4.69) is 33.4 Å². The Hall–Kier alpha value is 0.140. The van der Waals surface area contributed by atoms with Crippen LogP contribution in [0, 0.1) is 23.7 Å². The molecule has 1 nitrogen and oxygen atoms in total. The van der Waals surface area contributed by atoms with Crippen molar-refractivity contribution in [2.45, 2.75) is 44.7 Å². The van der Waals surface area contributed by atoms with Gasteiger partial charge in [0.05, 0.1) is 3.79 Å². The van der Waals surface area contributed by atoms with Crippen molar-refractivity contribution in [1.82, 2.24) is 5.32 Å². The molecule has 5 unspecified atom stereocenters. The molecule has 2 bridgehead atoms. The molecule has 0 aliphatic heterocycles. The normalized spacial score (nSPS) is 41.5. The van der Waals surface area contributed by atoms with E-state index in [9.17, 15) is 0 Å². The summed E-state index contributed by atoms with van der Waals surface area (Å²) in [5.41, 5.74) is 0. The van der Waals surface area contributed by atoms with Gasteiger partial charge in [-0.15, -0.1) is 11.3 Å². The summed E-state index contributed by atoms with van der Waals surface area (Å²) in [6, 6.07) is 5.22. The maximum absolute atomic E-state index is 3.84. The Morgan fingerprint density at radius 3 is 2.89 bits per heavy atom. The zero-order valence-corrected chi connectivity index (χ0v) is 13.0. The fourth-order valence-electron chi connectivity index (χ4n) is 4.98. The van der Waals surface area contributed by atoms with Crippen molar-refractivity contribution in [3.8, 4) is 0 Å². The Kier molecular flexibility index (Phi) is 3.05. The van der Waals surface area contributed by atoms with E-state index >= 15 is 0 Å². The van der Waals surface area contributed by atoms with E-state index in [-0.39, 0.29) is 0 Å². The number of hydrogen-bond donors (Lipinski definition) is 1. The fourth-order valence-corrected chi connectivity index (χ4v) is 6.42. The van der Waals surface area contributed by atoms with Crippen molar-refractivity contribution >= 4 is 27.3 Å². The predicted molar refractivity (Wildman–Crippen MR) is 79.7 cm³/mol. The van der Waals surface area contributed by atoms with Crippen LogP contribution in [-0.2, 0) is 6.54 Å². The van der Waals surface area contributed by atoms with E-state index in [1.807, 2.05) is 11.3 Å². The molecule has 0 amide bonds. The highest BCUT2D eigenvalue weighted by Gasteiger charge is 2.53. The van der Waals surface area contributed by atoms with Crippen molar-refractivity contribution in [1.29, 1.82) is 0 Å². The average Bonchev–Trinajstić information content (AvgIpc) is 3.08. The second-order valence-electron chi connectivity index (χ2n) is 6.35. The number of thiophene rings is 1. The molecule has 1 N–H and O–H groups in total. The molecule has 0 spiro atoms. The van der Waals surface area contributed by atoms with Crippen LogP contribution >= 0.6 is 27.3 Å². The van der Waals surface area contributed by atoms with Crippen LogP contribution in [0.15, 0.2) is 15.9 Å². The lowest BCUT2D eigenvalue weighted by Crippen LogP contribution is -2.38. The van der Waals surface area contributed by atoms with Gasteiger partial charge in [-0.1, -0.05) is 6.42 Å². The lowest BCUT2D eigenvalue weighted by atomic mass is 9.79. The molecule has 3 aliphatic carbocycles. The van der Waals surface area contributed by atoms with E-state index in [0.717, 1.165) is 36.3 Å². The van der Waals surface area contributed by atoms with Crippen LogP contribution in [0.5, 0.6) is 0 Å². The summed E-state index contributed by atoms with van der Waals surface area (Å²) in [6.07, 6.45) is 7.55. The molecule has 1 aromatic rings. The summed E-state index contributed by atoms with van der Waals surface area (Å²) in [4.78, 5) is 1.47. The minimum Gasteiger partial charge on any atom is -0.309 e. The monoisotopic (exact) mass is 325 g/mol. The van der Waals surface area contributed by atoms with E-state index < -0.39 is 0 Å². The van der Waals surface area contributed by atoms with Gasteiger partial charge in [-0.05, 0) is 77.4 Å². The Morgan fingerprint density at radius 2 is 2.06 bits per heavy atom. The van der Waals surface area contributed by atoms with E-state index in [0.29, 0.717) is 0 Å². The van der Waals surface area contributed by atoms with Gasteiger partial charge < -0.3 is 5.32 Å². The summed E-state index contributed by atoms with van der Waals surface area (Å²) in [5, 5.41) is 3.84. The van der Waals surface area contributed by atoms with Gasteiger partial charge >= 0.3 is 0 Å². The summed E-state index contributed by atoms with van der Waals surface area (Å²) in [7, 11) is 0. The zero-order valence-electron chi connectivity index (χ0n) is 10.6. The van der Waals surface area contributed by atoms with Crippen LogP contribution in [0.1, 0.15) is 37.0 Å². The molecule has 0 aromatic carbocycles. The Balaban J connectivity index is 1.39. The molecule has 0 saturated heterocycles. The minimum absolute atomic E-state index is 0.815. The maximum Gasteiger partial charge on any atom is 0.0701 e. The molecule has 0 radical (unpaired) electrons. The van der Waals surface area contributed by atoms with Crippen molar-refractivity contribution in [3.63, 3.8) is 0 Å². The van der Waals surface area contributed by atoms with Crippen LogP contribution in [0.4, 0.5) is 0 Å². The first-order valence-electron chi connectivity index (χ1n) is 7.29. The lowest BCUT2D eigenvalue weighted by Gasteiger charge is -2.32. The molecular weight excluding hydrogens is 306 g/mol. The number of nitrogens with one attached hydrogen (secondary N) is 1. The van der Waals surface area contributed by atoms with Gasteiger partial charge in [-0.25, -0.2) is 0 Å². The summed E-state index contributed by atoms with van der Waals surface area (Å²) in [6.45, 7) is 1.07. The van der Waals surface area contributed by atoms with Gasteiger partial charge in [0.1, 0.15) is 0 Å². The van der Waals surface area contributed by atoms with Crippen LogP contribution in [0.25, 0.3) is 0 Å². The van der Waals surface area contributed by atoms with Crippen molar-refractivity contribution < 1.29 is 0 Å². The lowest BCUT2D eigenvalue weighted by molar-refractivity contribution is 0.208. The van der Waals surface area contributed by atoms with Gasteiger partial charge in [-0.2, -0.15) is 0 Å². The molecule has 18 heavy (non-hydrogen) atoms. The number of fused-ring (bicyclic) bond motifs is 5. The van der Waals surface area contributed by atoms with Crippen LogP contribution in [0.2, 0.25) is 0 Å². The third-order valence-corrected chi connectivity index (χ3v) is 7.22. The number of hydrogen-bond acceptors (Lipinski definition) is 2. The van der Waals surface area contributed by atoms with Crippen LogP contribution in [0.3, 0.4) is 0 Å². The van der Waals surface area contributed by atoms with Crippen LogP contribution < -0.4 is 5.32 Å². The topological polar surface area (TPSA) is 12.0 Å². The Bertz CT molecular complexity index is 443. The zero-order chi connectivity index (χ0) is 12.1. The molecule has 1 aromatic heterocycles. The molecule has 1 heterocycles. The Labute approximate surface area is 121 Å². The molecule has 3 heteroatoms. The SMILES string of the molecule is Brc1ccc(CNC2CC3CC2C2CCCC32)s1. The number of rotatable bonds is 3. The smallest absolute Gasteiger partial charge is 0.0701 e. The third-order valence-electron chi connectivity index (χ3n) is 5.60. The minimum atomic E-state index is 0.815. The molecule has 5 atom stereocenters. The Morgan fingerprint density at radius 1 is 1.17 bits per heavy atom. The highest BCUT2D eigenvalue weighted by atomic mass is 79.9. The maximum atomic E-state index is 3.84.